The highest BCUT2D eigenvalue weighted by molar-refractivity contribution is 9.10. The number of unbranched alkanes of at least 4 members (excludes halogenated alkanes) is 2. The third kappa shape index (κ3) is 6.89. The van der Waals surface area contributed by atoms with Crippen molar-refractivity contribution in [3.05, 3.63) is 28.5 Å². The van der Waals surface area contributed by atoms with Crippen LogP contribution in [0.25, 0.3) is 0 Å². The van der Waals surface area contributed by atoms with E-state index in [-0.39, 0.29) is 12.3 Å². The van der Waals surface area contributed by atoms with Gasteiger partial charge in [-0.2, -0.15) is 0 Å². The van der Waals surface area contributed by atoms with Crippen molar-refractivity contribution in [3.8, 4) is 5.75 Å². The monoisotopic (exact) mass is 375 g/mol. The van der Waals surface area contributed by atoms with Crippen LogP contribution < -0.4 is 10.1 Å². The molecule has 0 aromatic heterocycles. The van der Waals surface area contributed by atoms with Gasteiger partial charge in [0.2, 0.25) is 0 Å². The van der Waals surface area contributed by atoms with Crippen molar-refractivity contribution >= 4 is 27.8 Å². The summed E-state index contributed by atoms with van der Waals surface area (Å²) in [4.78, 5) is 22.2. The number of carboxylic acids is 1. The molecule has 1 unspecified atom stereocenters. The maximum absolute atomic E-state index is 13.0. The molecule has 0 radical (unpaired) electrons. The Morgan fingerprint density at radius 1 is 1.36 bits per heavy atom. The third-order valence-electron chi connectivity index (χ3n) is 2.93. The first-order valence-corrected chi connectivity index (χ1v) is 7.80. The van der Waals surface area contributed by atoms with Gasteiger partial charge in [-0.05, 0) is 53.9 Å². The molecule has 1 aromatic rings. The van der Waals surface area contributed by atoms with Crippen LogP contribution in [0.5, 0.6) is 5.75 Å². The van der Waals surface area contributed by atoms with Crippen molar-refractivity contribution in [2.75, 3.05) is 6.54 Å². The van der Waals surface area contributed by atoms with Crippen molar-refractivity contribution in [2.45, 2.75) is 38.7 Å². The van der Waals surface area contributed by atoms with Gasteiger partial charge in [0, 0.05) is 13.0 Å². The number of amides is 1. The Hall–Kier alpha value is -1.63. The van der Waals surface area contributed by atoms with Crippen molar-refractivity contribution in [2.24, 2.45) is 0 Å². The molecule has 0 aliphatic heterocycles. The topological polar surface area (TPSA) is 75.6 Å². The predicted molar refractivity (Wildman–Crippen MR) is 83.3 cm³/mol. The zero-order valence-corrected chi connectivity index (χ0v) is 13.9. The summed E-state index contributed by atoms with van der Waals surface area (Å²) >= 11 is 3.17. The van der Waals surface area contributed by atoms with Crippen molar-refractivity contribution in [1.82, 2.24) is 5.32 Å². The first-order chi connectivity index (χ1) is 10.4. The fourth-order valence-electron chi connectivity index (χ4n) is 1.75. The minimum absolute atomic E-state index is 0.145. The zero-order valence-electron chi connectivity index (χ0n) is 12.3. The number of hydrogen-bond donors (Lipinski definition) is 2. The first-order valence-electron chi connectivity index (χ1n) is 7.01. The van der Waals surface area contributed by atoms with Gasteiger partial charge < -0.3 is 15.2 Å². The molecule has 1 amide bonds. The molecule has 1 rings (SSSR count). The standard InChI is InChI=1S/C15H19BrFNO4/c1-10(22-13-7-6-11(17)9-12(13)16)15(21)18-8-4-2-3-5-14(19)20/h6-7,9-10H,2-5,8H2,1H3,(H,18,21)(H,19,20). The average Bonchev–Trinajstić information content (AvgIpc) is 2.45. The van der Waals surface area contributed by atoms with E-state index in [1.807, 2.05) is 0 Å². The Balaban J connectivity index is 2.28. The molecule has 0 aliphatic carbocycles. The highest BCUT2D eigenvalue weighted by atomic mass is 79.9. The zero-order chi connectivity index (χ0) is 16.5. The highest BCUT2D eigenvalue weighted by Gasteiger charge is 2.15. The number of hydrogen-bond acceptors (Lipinski definition) is 3. The fraction of sp³-hybridized carbons (Fsp3) is 0.467. The number of halogens is 2. The van der Waals surface area contributed by atoms with E-state index in [0.29, 0.717) is 29.6 Å². The van der Waals surface area contributed by atoms with Crippen molar-refractivity contribution in [1.29, 1.82) is 0 Å². The van der Waals surface area contributed by atoms with Gasteiger partial charge in [0.15, 0.2) is 6.10 Å². The number of nitrogens with one attached hydrogen (secondary N) is 1. The summed E-state index contributed by atoms with van der Waals surface area (Å²) in [7, 11) is 0. The average molecular weight is 376 g/mol. The molecular formula is C15H19BrFNO4. The number of carbonyl (C=O) groups excluding carboxylic acids is 1. The van der Waals surface area contributed by atoms with Crippen LogP contribution in [0.2, 0.25) is 0 Å². The molecule has 1 aromatic carbocycles. The minimum atomic E-state index is -0.809. The van der Waals surface area contributed by atoms with Crippen LogP contribution in [-0.4, -0.2) is 29.6 Å². The molecule has 2 N–H and O–H groups in total. The highest BCUT2D eigenvalue weighted by Crippen LogP contribution is 2.26. The normalized spacial score (nSPS) is 11.8. The molecule has 0 saturated heterocycles. The fourth-order valence-corrected chi connectivity index (χ4v) is 2.19. The van der Waals surface area contributed by atoms with Crippen LogP contribution in [0.1, 0.15) is 32.6 Å². The van der Waals surface area contributed by atoms with Crippen LogP contribution in [0.15, 0.2) is 22.7 Å². The second-order valence-corrected chi connectivity index (χ2v) is 5.68. The van der Waals surface area contributed by atoms with Crippen molar-refractivity contribution < 1.29 is 23.8 Å². The number of carbonyl (C=O) groups is 2. The summed E-state index contributed by atoms with van der Waals surface area (Å²) in [5.41, 5.74) is 0. The molecule has 0 bridgehead atoms. The van der Waals surface area contributed by atoms with E-state index in [1.54, 1.807) is 6.92 Å². The van der Waals surface area contributed by atoms with E-state index in [1.165, 1.54) is 18.2 Å². The lowest BCUT2D eigenvalue weighted by atomic mass is 10.2. The number of benzene rings is 1. The lowest BCUT2D eigenvalue weighted by molar-refractivity contribution is -0.137. The molecule has 0 heterocycles. The summed E-state index contributed by atoms with van der Waals surface area (Å²) in [6.07, 6.45) is 1.49. The lowest BCUT2D eigenvalue weighted by Gasteiger charge is -2.15. The maximum atomic E-state index is 13.0. The summed E-state index contributed by atoms with van der Waals surface area (Å²) in [6.45, 7) is 2.08. The van der Waals surface area contributed by atoms with Gasteiger partial charge in [0.05, 0.1) is 4.47 Å². The molecule has 0 fully saturated rings. The molecule has 0 aliphatic rings. The largest absolute Gasteiger partial charge is 0.481 e. The van der Waals surface area contributed by atoms with Gasteiger partial charge in [-0.15, -0.1) is 0 Å². The summed E-state index contributed by atoms with van der Waals surface area (Å²) in [6, 6.07) is 3.98. The number of carboxylic acid groups (broad SMARTS) is 1. The second-order valence-electron chi connectivity index (χ2n) is 4.83. The van der Waals surface area contributed by atoms with Crippen LogP contribution >= 0.6 is 15.9 Å². The van der Waals surface area contributed by atoms with Crippen LogP contribution in [-0.2, 0) is 9.59 Å². The molecule has 7 heteroatoms. The third-order valence-corrected chi connectivity index (χ3v) is 3.55. The number of ether oxygens (including phenoxy) is 1. The minimum Gasteiger partial charge on any atom is -0.481 e. The van der Waals surface area contributed by atoms with E-state index in [0.717, 1.165) is 6.42 Å². The Morgan fingerprint density at radius 3 is 2.73 bits per heavy atom. The smallest absolute Gasteiger partial charge is 0.303 e. The second kappa shape index (κ2) is 9.40. The first kappa shape index (κ1) is 18.4. The van der Waals surface area contributed by atoms with E-state index >= 15 is 0 Å². The molecule has 0 saturated carbocycles. The Kier molecular flexibility index (Phi) is 7.87. The quantitative estimate of drug-likeness (QED) is 0.650. The lowest BCUT2D eigenvalue weighted by Crippen LogP contribution is -2.36. The van der Waals surface area contributed by atoms with Crippen LogP contribution in [0.3, 0.4) is 0 Å². The van der Waals surface area contributed by atoms with Gasteiger partial charge in [-0.3, -0.25) is 9.59 Å². The Bertz CT molecular complexity index is 524. The SMILES string of the molecule is CC(Oc1ccc(F)cc1Br)C(=O)NCCCCCC(=O)O. The molecule has 1 atom stereocenters. The Morgan fingerprint density at radius 2 is 2.09 bits per heavy atom. The summed E-state index contributed by atoms with van der Waals surface area (Å²) in [5.74, 6) is -1.08. The van der Waals surface area contributed by atoms with Crippen LogP contribution in [0, 0.1) is 5.82 Å². The van der Waals surface area contributed by atoms with Gasteiger partial charge in [0.1, 0.15) is 11.6 Å². The maximum Gasteiger partial charge on any atom is 0.303 e. The molecule has 22 heavy (non-hydrogen) atoms. The van der Waals surface area contributed by atoms with Gasteiger partial charge in [-0.25, -0.2) is 4.39 Å². The van der Waals surface area contributed by atoms with E-state index in [2.05, 4.69) is 21.2 Å². The molecule has 0 spiro atoms. The van der Waals surface area contributed by atoms with E-state index < -0.39 is 17.9 Å². The molecule has 5 nitrogen and oxygen atoms in total. The number of rotatable bonds is 9. The molecule has 122 valence electrons. The predicted octanol–water partition coefficient (Wildman–Crippen LogP) is 3.12. The van der Waals surface area contributed by atoms with E-state index in [4.69, 9.17) is 9.84 Å². The summed E-state index contributed by atoms with van der Waals surface area (Å²) in [5, 5.41) is 11.2. The summed E-state index contributed by atoms with van der Waals surface area (Å²) < 4.78 is 18.9. The van der Waals surface area contributed by atoms with E-state index in [9.17, 15) is 14.0 Å². The van der Waals surface area contributed by atoms with Gasteiger partial charge in [0.25, 0.3) is 5.91 Å². The Labute approximate surface area is 137 Å². The van der Waals surface area contributed by atoms with Crippen molar-refractivity contribution in [3.63, 3.8) is 0 Å². The molecular weight excluding hydrogens is 357 g/mol. The van der Waals surface area contributed by atoms with Gasteiger partial charge in [-0.1, -0.05) is 6.42 Å². The number of aliphatic carboxylic acids is 1. The van der Waals surface area contributed by atoms with Crippen LogP contribution in [0.4, 0.5) is 4.39 Å². The van der Waals surface area contributed by atoms with Gasteiger partial charge >= 0.3 is 5.97 Å².